The van der Waals surface area contributed by atoms with Gasteiger partial charge in [-0.3, -0.25) is 0 Å². The van der Waals surface area contributed by atoms with Crippen molar-refractivity contribution in [3.63, 3.8) is 0 Å². The van der Waals surface area contributed by atoms with Gasteiger partial charge in [-0.15, -0.1) is 5.92 Å². The lowest BCUT2D eigenvalue weighted by Gasteiger charge is -2.07. The van der Waals surface area contributed by atoms with Crippen LogP contribution in [0.4, 0.5) is 0 Å². The van der Waals surface area contributed by atoms with Gasteiger partial charge in [0.15, 0.2) is 0 Å². The van der Waals surface area contributed by atoms with Crippen molar-refractivity contribution in [2.45, 2.75) is 6.92 Å². The molecule has 3 aromatic rings. The van der Waals surface area contributed by atoms with Crippen molar-refractivity contribution in [2.75, 3.05) is 0 Å². The van der Waals surface area contributed by atoms with Gasteiger partial charge in [0.25, 0.3) is 0 Å². The first-order valence-electron chi connectivity index (χ1n) is 8.28. The highest BCUT2D eigenvalue weighted by atomic mass is 16.5. The van der Waals surface area contributed by atoms with Crippen LogP contribution < -0.4 is 9.47 Å². The normalized spacial score (nSPS) is 9.67. The van der Waals surface area contributed by atoms with E-state index >= 15 is 0 Å². The molecule has 27 heavy (non-hydrogen) atoms. The first kappa shape index (κ1) is 18.0. The Morgan fingerprint density at radius 2 is 1.15 bits per heavy atom. The lowest BCUT2D eigenvalue weighted by atomic mass is 10.1. The van der Waals surface area contributed by atoms with Crippen LogP contribution >= 0.6 is 0 Å². The van der Waals surface area contributed by atoms with Gasteiger partial charge in [-0.25, -0.2) is 9.59 Å². The van der Waals surface area contributed by atoms with Crippen LogP contribution in [0, 0.1) is 11.8 Å². The lowest BCUT2D eigenvalue weighted by molar-refractivity contribution is 0.0719. The maximum Gasteiger partial charge on any atom is 0.343 e. The molecule has 0 aliphatic rings. The number of benzene rings is 3. The van der Waals surface area contributed by atoms with E-state index in [2.05, 4.69) is 11.8 Å². The molecule has 0 aromatic heterocycles. The zero-order valence-electron chi connectivity index (χ0n) is 14.6. The summed E-state index contributed by atoms with van der Waals surface area (Å²) < 4.78 is 10.6. The van der Waals surface area contributed by atoms with Crippen molar-refractivity contribution in [1.82, 2.24) is 0 Å². The third-order valence-electron chi connectivity index (χ3n) is 3.64. The van der Waals surface area contributed by atoms with Crippen molar-refractivity contribution in [3.8, 4) is 23.3 Å². The van der Waals surface area contributed by atoms with E-state index in [9.17, 15) is 9.59 Å². The van der Waals surface area contributed by atoms with Crippen LogP contribution in [0.1, 0.15) is 33.2 Å². The van der Waals surface area contributed by atoms with Crippen molar-refractivity contribution >= 4 is 11.9 Å². The molecule has 3 rings (SSSR count). The number of esters is 2. The Kier molecular flexibility index (Phi) is 5.66. The third-order valence-corrected chi connectivity index (χ3v) is 3.64. The smallest absolute Gasteiger partial charge is 0.343 e. The lowest BCUT2D eigenvalue weighted by Crippen LogP contribution is -2.09. The standard InChI is InChI=1S/C23H16O4/c1-2-6-17-9-11-19(12-10-17)23(25)27-21-15-13-20(14-16-21)26-22(24)18-7-4-3-5-8-18/h3-5,7-16H,1H3. The van der Waals surface area contributed by atoms with E-state index in [1.807, 2.05) is 6.07 Å². The van der Waals surface area contributed by atoms with Crippen LogP contribution in [0.2, 0.25) is 0 Å². The fourth-order valence-electron chi connectivity index (χ4n) is 2.32. The largest absolute Gasteiger partial charge is 0.423 e. The Balaban J connectivity index is 1.62. The van der Waals surface area contributed by atoms with Crippen LogP contribution in [0.25, 0.3) is 0 Å². The molecule has 0 bridgehead atoms. The summed E-state index contributed by atoms with van der Waals surface area (Å²) in [5, 5.41) is 0. The first-order valence-corrected chi connectivity index (χ1v) is 8.28. The van der Waals surface area contributed by atoms with Crippen LogP contribution in [-0.4, -0.2) is 11.9 Å². The zero-order chi connectivity index (χ0) is 19.1. The Morgan fingerprint density at radius 3 is 1.63 bits per heavy atom. The van der Waals surface area contributed by atoms with E-state index < -0.39 is 11.9 Å². The van der Waals surface area contributed by atoms with E-state index in [4.69, 9.17) is 9.47 Å². The molecule has 0 saturated carbocycles. The first-order chi connectivity index (χ1) is 13.2. The van der Waals surface area contributed by atoms with E-state index in [1.54, 1.807) is 79.7 Å². The zero-order valence-corrected chi connectivity index (χ0v) is 14.6. The fraction of sp³-hybridized carbons (Fsp3) is 0.0435. The van der Waals surface area contributed by atoms with Gasteiger partial charge in [-0.1, -0.05) is 24.1 Å². The van der Waals surface area contributed by atoms with Crippen LogP contribution in [-0.2, 0) is 0 Å². The summed E-state index contributed by atoms with van der Waals surface area (Å²) in [6, 6.07) is 21.9. The molecule has 0 saturated heterocycles. The predicted octanol–water partition coefficient (Wildman–Crippen LogP) is 4.50. The molecule has 3 aromatic carbocycles. The van der Waals surface area contributed by atoms with E-state index in [0.29, 0.717) is 22.6 Å². The molecule has 0 N–H and O–H groups in total. The number of hydrogen-bond acceptors (Lipinski definition) is 4. The number of hydrogen-bond donors (Lipinski definition) is 0. The molecule has 4 nitrogen and oxygen atoms in total. The molecule has 0 unspecified atom stereocenters. The van der Waals surface area contributed by atoms with Crippen LogP contribution in [0.15, 0.2) is 78.9 Å². The average Bonchev–Trinajstić information content (AvgIpc) is 2.71. The molecule has 0 aliphatic carbocycles. The average molecular weight is 356 g/mol. The summed E-state index contributed by atoms with van der Waals surface area (Å²) in [6.07, 6.45) is 0. The predicted molar refractivity (Wildman–Crippen MR) is 102 cm³/mol. The molecule has 4 heteroatoms. The van der Waals surface area contributed by atoms with Gasteiger partial charge in [0.05, 0.1) is 11.1 Å². The number of rotatable bonds is 4. The van der Waals surface area contributed by atoms with E-state index in [0.717, 1.165) is 5.56 Å². The van der Waals surface area contributed by atoms with Gasteiger partial charge in [-0.05, 0) is 67.6 Å². The monoisotopic (exact) mass is 356 g/mol. The SMILES string of the molecule is CC#Cc1ccc(C(=O)Oc2ccc(OC(=O)c3ccccc3)cc2)cc1. The van der Waals surface area contributed by atoms with Gasteiger partial charge >= 0.3 is 11.9 Å². The Hall–Kier alpha value is -3.84. The molecule has 0 atom stereocenters. The summed E-state index contributed by atoms with van der Waals surface area (Å²) in [5.74, 6) is 5.52. The molecular weight excluding hydrogens is 340 g/mol. The second-order valence-corrected chi connectivity index (χ2v) is 5.57. The molecule has 0 amide bonds. The van der Waals surface area contributed by atoms with E-state index in [-0.39, 0.29) is 0 Å². The summed E-state index contributed by atoms with van der Waals surface area (Å²) in [6.45, 7) is 1.75. The maximum absolute atomic E-state index is 12.2. The highest BCUT2D eigenvalue weighted by molar-refractivity contribution is 5.92. The Bertz CT molecular complexity index is 992. The highest BCUT2D eigenvalue weighted by Gasteiger charge is 2.10. The summed E-state index contributed by atoms with van der Waals surface area (Å²) in [4.78, 5) is 24.2. The molecule has 0 radical (unpaired) electrons. The molecule has 0 spiro atoms. The molecule has 132 valence electrons. The summed E-state index contributed by atoms with van der Waals surface area (Å²) >= 11 is 0. The second-order valence-electron chi connectivity index (χ2n) is 5.57. The van der Waals surface area contributed by atoms with Gasteiger partial charge in [0.1, 0.15) is 11.5 Å². The molecule has 0 fully saturated rings. The van der Waals surface area contributed by atoms with Gasteiger partial charge in [0, 0.05) is 5.56 Å². The van der Waals surface area contributed by atoms with Gasteiger partial charge in [-0.2, -0.15) is 0 Å². The molecular formula is C23H16O4. The second kappa shape index (κ2) is 8.50. The van der Waals surface area contributed by atoms with Gasteiger partial charge in [0.2, 0.25) is 0 Å². The minimum absolute atomic E-state index is 0.358. The van der Waals surface area contributed by atoms with Crippen molar-refractivity contribution < 1.29 is 19.1 Å². The summed E-state index contributed by atoms with van der Waals surface area (Å²) in [7, 11) is 0. The fourth-order valence-corrected chi connectivity index (χ4v) is 2.32. The highest BCUT2D eigenvalue weighted by Crippen LogP contribution is 2.20. The molecule has 0 aliphatic heterocycles. The summed E-state index contributed by atoms with van der Waals surface area (Å²) in [5.41, 5.74) is 1.72. The topological polar surface area (TPSA) is 52.6 Å². The third kappa shape index (κ3) is 4.83. The van der Waals surface area contributed by atoms with Crippen LogP contribution in [0.3, 0.4) is 0 Å². The molecule has 0 heterocycles. The minimum atomic E-state index is -0.472. The van der Waals surface area contributed by atoms with Crippen molar-refractivity contribution in [1.29, 1.82) is 0 Å². The van der Waals surface area contributed by atoms with Gasteiger partial charge < -0.3 is 9.47 Å². The number of ether oxygens (including phenoxy) is 2. The quantitative estimate of drug-likeness (QED) is 0.392. The Labute approximate surface area is 157 Å². The van der Waals surface area contributed by atoms with Crippen LogP contribution in [0.5, 0.6) is 11.5 Å². The Morgan fingerprint density at radius 1 is 0.667 bits per heavy atom. The van der Waals surface area contributed by atoms with Crippen molar-refractivity contribution in [2.24, 2.45) is 0 Å². The van der Waals surface area contributed by atoms with Crippen molar-refractivity contribution in [3.05, 3.63) is 95.6 Å². The number of carbonyl (C=O) groups excluding carboxylic acids is 2. The number of carbonyl (C=O) groups is 2. The maximum atomic E-state index is 12.2. The minimum Gasteiger partial charge on any atom is -0.423 e. The van der Waals surface area contributed by atoms with E-state index in [1.165, 1.54) is 0 Å².